The fraction of sp³-hybridized carbons (Fsp3) is 0.364. The first-order valence-corrected chi connectivity index (χ1v) is 4.97. The van der Waals surface area contributed by atoms with Crippen LogP contribution in [0.4, 0.5) is 5.69 Å². The van der Waals surface area contributed by atoms with Crippen LogP contribution >= 0.6 is 0 Å². The van der Waals surface area contributed by atoms with E-state index in [0.717, 1.165) is 5.56 Å². The molecule has 5 N–H and O–H groups in total. The number of aryl methyl sites for hydroxylation is 1. The van der Waals surface area contributed by atoms with Gasteiger partial charge in [0.2, 0.25) is 0 Å². The number of nitrogens with one attached hydrogen (secondary N) is 1. The first-order valence-electron chi connectivity index (χ1n) is 4.97. The fourth-order valence-corrected chi connectivity index (χ4v) is 1.32. The number of carbonyl (C=O) groups excluding carboxylic acids is 1. The summed E-state index contributed by atoms with van der Waals surface area (Å²) in [5, 5.41) is 20.2. The molecule has 0 saturated heterocycles. The van der Waals surface area contributed by atoms with Crippen molar-refractivity contribution in [3.05, 3.63) is 29.3 Å². The van der Waals surface area contributed by atoms with Crippen LogP contribution in [0.25, 0.3) is 0 Å². The molecule has 0 aromatic heterocycles. The van der Waals surface area contributed by atoms with E-state index in [-0.39, 0.29) is 19.1 Å². The second-order valence-electron chi connectivity index (χ2n) is 3.68. The highest BCUT2D eigenvalue weighted by atomic mass is 16.3. The second-order valence-corrected chi connectivity index (χ2v) is 3.68. The van der Waals surface area contributed by atoms with Crippen LogP contribution in [-0.2, 0) is 0 Å². The van der Waals surface area contributed by atoms with Crippen molar-refractivity contribution in [2.45, 2.75) is 13.0 Å². The second kappa shape index (κ2) is 5.48. The summed E-state index contributed by atoms with van der Waals surface area (Å²) in [5.74, 6) is -0.317. The van der Waals surface area contributed by atoms with Crippen molar-refractivity contribution in [1.29, 1.82) is 0 Å². The Kier molecular flexibility index (Phi) is 4.28. The summed E-state index contributed by atoms with van der Waals surface area (Å²) >= 11 is 0. The van der Waals surface area contributed by atoms with Gasteiger partial charge in [-0.05, 0) is 30.7 Å². The number of carbonyl (C=O) groups is 1. The van der Waals surface area contributed by atoms with Gasteiger partial charge in [0.1, 0.15) is 0 Å². The first-order chi connectivity index (χ1) is 7.52. The highest BCUT2D eigenvalue weighted by molar-refractivity contribution is 5.95. The lowest BCUT2D eigenvalue weighted by Gasteiger charge is -2.09. The van der Waals surface area contributed by atoms with Crippen molar-refractivity contribution in [2.75, 3.05) is 18.9 Å². The van der Waals surface area contributed by atoms with E-state index in [1.54, 1.807) is 18.2 Å². The Morgan fingerprint density at radius 3 is 2.75 bits per heavy atom. The van der Waals surface area contributed by atoms with Crippen LogP contribution in [0.5, 0.6) is 0 Å². The first kappa shape index (κ1) is 12.5. The van der Waals surface area contributed by atoms with Crippen LogP contribution in [0.3, 0.4) is 0 Å². The molecule has 0 aliphatic heterocycles. The Bertz CT molecular complexity index is 359. The number of amides is 1. The quantitative estimate of drug-likeness (QED) is 0.526. The Balaban J connectivity index is 2.66. The van der Waals surface area contributed by atoms with Crippen molar-refractivity contribution in [2.24, 2.45) is 0 Å². The predicted molar refractivity (Wildman–Crippen MR) is 61.0 cm³/mol. The van der Waals surface area contributed by atoms with E-state index in [1.807, 2.05) is 6.92 Å². The lowest BCUT2D eigenvalue weighted by Crippen LogP contribution is -2.33. The van der Waals surface area contributed by atoms with Crippen molar-refractivity contribution in [1.82, 2.24) is 5.32 Å². The predicted octanol–water partition coefficient (Wildman–Crippen LogP) is -0.340. The number of hydrogen-bond donors (Lipinski definition) is 4. The third kappa shape index (κ3) is 3.52. The summed E-state index contributed by atoms with van der Waals surface area (Å²) in [6.07, 6.45) is -0.939. The fourth-order valence-electron chi connectivity index (χ4n) is 1.32. The molecule has 1 rings (SSSR count). The van der Waals surface area contributed by atoms with Crippen molar-refractivity contribution < 1.29 is 15.0 Å². The molecule has 0 aliphatic rings. The van der Waals surface area contributed by atoms with Gasteiger partial charge in [0.25, 0.3) is 5.91 Å². The molecular weight excluding hydrogens is 208 g/mol. The normalized spacial score (nSPS) is 12.2. The Hall–Kier alpha value is -1.59. The molecular formula is C11H16N2O3. The van der Waals surface area contributed by atoms with E-state index >= 15 is 0 Å². The molecule has 0 fully saturated rings. The highest BCUT2D eigenvalue weighted by Crippen LogP contribution is 2.10. The third-order valence-electron chi connectivity index (χ3n) is 2.07. The number of hydrogen-bond acceptors (Lipinski definition) is 4. The largest absolute Gasteiger partial charge is 0.399 e. The number of benzene rings is 1. The molecule has 0 bridgehead atoms. The van der Waals surface area contributed by atoms with Gasteiger partial charge in [0.15, 0.2) is 0 Å². The zero-order valence-electron chi connectivity index (χ0n) is 9.10. The van der Waals surface area contributed by atoms with Gasteiger partial charge in [-0.2, -0.15) is 0 Å². The van der Waals surface area contributed by atoms with Crippen LogP contribution in [0, 0.1) is 6.92 Å². The summed E-state index contributed by atoms with van der Waals surface area (Å²) < 4.78 is 0. The number of nitrogens with two attached hydrogens (primary N) is 1. The zero-order chi connectivity index (χ0) is 12.1. The number of rotatable bonds is 4. The summed E-state index contributed by atoms with van der Waals surface area (Å²) in [5.41, 5.74) is 7.47. The average molecular weight is 224 g/mol. The Labute approximate surface area is 93.9 Å². The molecule has 5 nitrogen and oxygen atoms in total. The van der Waals surface area contributed by atoms with Crippen LogP contribution in [0.2, 0.25) is 0 Å². The molecule has 1 atom stereocenters. The molecule has 1 aromatic rings. The number of anilines is 1. The lowest BCUT2D eigenvalue weighted by molar-refractivity contribution is 0.0802. The van der Waals surface area contributed by atoms with E-state index in [9.17, 15) is 4.79 Å². The molecule has 1 unspecified atom stereocenters. The van der Waals surface area contributed by atoms with Gasteiger partial charge in [0.05, 0.1) is 12.7 Å². The molecule has 16 heavy (non-hydrogen) atoms. The summed E-state index contributed by atoms with van der Waals surface area (Å²) in [4.78, 5) is 11.6. The molecule has 0 heterocycles. The Morgan fingerprint density at radius 2 is 2.19 bits per heavy atom. The summed E-state index contributed by atoms with van der Waals surface area (Å²) in [7, 11) is 0. The van der Waals surface area contributed by atoms with Gasteiger partial charge < -0.3 is 21.3 Å². The molecule has 0 saturated carbocycles. The van der Waals surface area contributed by atoms with Crippen molar-refractivity contribution >= 4 is 11.6 Å². The minimum atomic E-state index is -0.939. The van der Waals surface area contributed by atoms with E-state index in [4.69, 9.17) is 15.9 Å². The van der Waals surface area contributed by atoms with E-state index in [0.29, 0.717) is 11.3 Å². The summed E-state index contributed by atoms with van der Waals surface area (Å²) in [6.45, 7) is 1.48. The molecule has 0 radical (unpaired) electrons. The Morgan fingerprint density at radius 1 is 1.50 bits per heavy atom. The molecule has 5 heteroatoms. The molecule has 88 valence electrons. The molecule has 0 spiro atoms. The lowest BCUT2D eigenvalue weighted by atomic mass is 10.1. The highest BCUT2D eigenvalue weighted by Gasteiger charge is 2.08. The van der Waals surface area contributed by atoms with Crippen molar-refractivity contribution in [3.8, 4) is 0 Å². The molecule has 1 aromatic carbocycles. The average Bonchev–Trinajstić information content (AvgIpc) is 2.23. The maximum absolute atomic E-state index is 11.6. The van der Waals surface area contributed by atoms with Gasteiger partial charge >= 0.3 is 0 Å². The van der Waals surface area contributed by atoms with Gasteiger partial charge in [-0.3, -0.25) is 4.79 Å². The zero-order valence-corrected chi connectivity index (χ0v) is 9.10. The standard InChI is InChI=1S/C11H16N2O3/c1-7-2-8(4-9(12)3-7)11(16)13-5-10(15)6-14/h2-4,10,14-15H,5-6,12H2,1H3,(H,13,16). The maximum Gasteiger partial charge on any atom is 0.251 e. The van der Waals surface area contributed by atoms with E-state index in [2.05, 4.69) is 5.32 Å². The van der Waals surface area contributed by atoms with Gasteiger partial charge in [-0.25, -0.2) is 0 Å². The van der Waals surface area contributed by atoms with E-state index in [1.165, 1.54) is 0 Å². The minimum absolute atomic E-state index is 0.0170. The number of aliphatic hydroxyl groups excluding tert-OH is 2. The molecule has 0 aliphatic carbocycles. The molecule has 1 amide bonds. The van der Waals surface area contributed by atoms with Crippen LogP contribution in [0.15, 0.2) is 18.2 Å². The third-order valence-corrected chi connectivity index (χ3v) is 2.07. The van der Waals surface area contributed by atoms with Crippen LogP contribution in [0.1, 0.15) is 15.9 Å². The SMILES string of the molecule is Cc1cc(N)cc(C(=O)NCC(O)CO)c1. The van der Waals surface area contributed by atoms with E-state index < -0.39 is 6.10 Å². The van der Waals surface area contributed by atoms with Gasteiger partial charge in [0, 0.05) is 17.8 Å². The van der Waals surface area contributed by atoms with Crippen LogP contribution < -0.4 is 11.1 Å². The minimum Gasteiger partial charge on any atom is -0.399 e. The van der Waals surface area contributed by atoms with Crippen LogP contribution in [-0.4, -0.2) is 35.4 Å². The number of nitrogen functional groups attached to an aromatic ring is 1. The van der Waals surface area contributed by atoms with Crippen molar-refractivity contribution in [3.63, 3.8) is 0 Å². The topological polar surface area (TPSA) is 95.6 Å². The number of aliphatic hydroxyl groups is 2. The summed E-state index contributed by atoms with van der Waals surface area (Å²) in [6, 6.07) is 5.03. The maximum atomic E-state index is 11.6. The monoisotopic (exact) mass is 224 g/mol. The van der Waals surface area contributed by atoms with Gasteiger partial charge in [-0.15, -0.1) is 0 Å². The smallest absolute Gasteiger partial charge is 0.251 e. The van der Waals surface area contributed by atoms with Gasteiger partial charge in [-0.1, -0.05) is 0 Å².